The highest BCUT2D eigenvalue weighted by Crippen LogP contribution is 2.28. The molecule has 0 amide bonds. The number of pyridine rings is 2. The monoisotopic (exact) mass is 349 g/mol. The first kappa shape index (κ1) is 15.5. The smallest absolute Gasteiger partial charge is 0.211 e. The first-order chi connectivity index (χ1) is 12.2. The van der Waals surface area contributed by atoms with Crippen molar-refractivity contribution in [3.63, 3.8) is 0 Å². The van der Waals surface area contributed by atoms with E-state index in [-0.39, 0.29) is 0 Å². The molecule has 4 heterocycles. The third-order valence-electron chi connectivity index (χ3n) is 3.65. The lowest BCUT2D eigenvalue weighted by Crippen LogP contribution is -1.95. The van der Waals surface area contributed by atoms with E-state index < -0.39 is 0 Å². The molecule has 0 aliphatic rings. The van der Waals surface area contributed by atoms with Crippen LogP contribution in [0.2, 0.25) is 0 Å². The maximum atomic E-state index is 4.72. The van der Waals surface area contributed by atoms with Crippen molar-refractivity contribution in [1.29, 1.82) is 0 Å². The second kappa shape index (κ2) is 6.48. The maximum absolute atomic E-state index is 4.72. The molecule has 0 spiro atoms. The molecular formula is C17H15N7S. The van der Waals surface area contributed by atoms with Gasteiger partial charge in [0, 0.05) is 23.2 Å². The Hall–Kier alpha value is -3.00. The normalized spacial score (nSPS) is 11.2. The van der Waals surface area contributed by atoms with Crippen molar-refractivity contribution in [3.8, 4) is 11.1 Å². The highest BCUT2D eigenvalue weighted by Gasteiger charge is 2.11. The third kappa shape index (κ3) is 3.16. The lowest BCUT2D eigenvalue weighted by Gasteiger charge is -2.07. The SMILES string of the molecule is CC(C)c1nnc(Nc2ccc3nccc(-c4ccnnc4)c3n2)s1. The molecule has 0 aliphatic heterocycles. The Morgan fingerprint density at radius 2 is 1.92 bits per heavy atom. The van der Waals surface area contributed by atoms with Crippen LogP contribution in [0.3, 0.4) is 0 Å². The van der Waals surface area contributed by atoms with Crippen molar-refractivity contribution < 1.29 is 0 Å². The molecule has 1 N–H and O–H groups in total. The van der Waals surface area contributed by atoms with Crippen LogP contribution in [-0.4, -0.2) is 30.4 Å². The van der Waals surface area contributed by atoms with Gasteiger partial charge in [0.2, 0.25) is 5.13 Å². The van der Waals surface area contributed by atoms with Crippen molar-refractivity contribution in [2.45, 2.75) is 19.8 Å². The number of aromatic nitrogens is 6. The number of nitrogens with one attached hydrogen (secondary N) is 1. The lowest BCUT2D eigenvalue weighted by molar-refractivity contribution is 0.825. The molecule has 8 heteroatoms. The average Bonchev–Trinajstić information content (AvgIpc) is 3.11. The van der Waals surface area contributed by atoms with E-state index in [1.165, 1.54) is 11.3 Å². The zero-order valence-corrected chi connectivity index (χ0v) is 14.5. The second-order valence-corrected chi connectivity index (χ2v) is 6.79. The Kier molecular flexibility index (Phi) is 4.02. The topological polar surface area (TPSA) is 89.4 Å². The summed E-state index contributed by atoms with van der Waals surface area (Å²) in [5.41, 5.74) is 3.53. The van der Waals surface area contributed by atoms with E-state index in [0.29, 0.717) is 11.7 Å². The zero-order valence-electron chi connectivity index (χ0n) is 13.7. The number of anilines is 2. The zero-order chi connectivity index (χ0) is 17.2. The molecule has 0 aromatic carbocycles. The number of hydrogen-bond acceptors (Lipinski definition) is 8. The molecule has 7 nitrogen and oxygen atoms in total. The standard InChI is InChI=1S/C17H15N7S/c1-10(2)16-23-24-17(25-16)22-14-4-3-13-15(21-14)12(6-7-18-13)11-5-8-19-20-9-11/h3-10H,1-2H3,(H,21,22,24). The molecule has 124 valence electrons. The van der Waals surface area contributed by atoms with Crippen molar-refractivity contribution in [2.75, 3.05) is 5.32 Å². The van der Waals surface area contributed by atoms with Gasteiger partial charge in [-0.2, -0.15) is 10.2 Å². The van der Waals surface area contributed by atoms with Gasteiger partial charge in [-0.3, -0.25) is 4.98 Å². The van der Waals surface area contributed by atoms with Crippen molar-refractivity contribution in [2.24, 2.45) is 0 Å². The number of hydrogen-bond donors (Lipinski definition) is 1. The predicted octanol–water partition coefficient (Wildman–Crippen LogP) is 3.81. The van der Waals surface area contributed by atoms with Crippen molar-refractivity contribution in [1.82, 2.24) is 30.4 Å². The summed E-state index contributed by atoms with van der Waals surface area (Å²) in [6.45, 7) is 4.19. The summed E-state index contributed by atoms with van der Waals surface area (Å²) in [6, 6.07) is 7.66. The molecule has 0 saturated carbocycles. The van der Waals surface area contributed by atoms with E-state index >= 15 is 0 Å². The molecule has 0 atom stereocenters. The molecule has 0 radical (unpaired) electrons. The van der Waals surface area contributed by atoms with Gasteiger partial charge in [0.05, 0.1) is 23.4 Å². The first-order valence-electron chi connectivity index (χ1n) is 7.84. The summed E-state index contributed by atoms with van der Waals surface area (Å²) in [6.07, 6.45) is 5.15. The Bertz CT molecular complexity index is 1010. The van der Waals surface area contributed by atoms with Gasteiger partial charge in [0.25, 0.3) is 0 Å². The van der Waals surface area contributed by atoms with E-state index in [0.717, 1.165) is 32.3 Å². The molecule has 4 rings (SSSR count). The Morgan fingerprint density at radius 3 is 2.68 bits per heavy atom. The molecule has 0 bridgehead atoms. The average molecular weight is 349 g/mol. The summed E-state index contributed by atoms with van der Waals surface area (Å²) >= 11 is 1.53. The van der Waals surface area contributed by atoms with E-state index in [1.54, 1.807) is 18.6 Å². The summed E-state index contributed by atoms with van der Waals surface area (Å²) in [7, 11) is 0. The first-order valence-corrected chi connectivity index (χ1v) is 8.65. The number of rotatable bonds is 4. The van der Waals surface area contributed by atoms with Crippen LogP contribution in [0.4, 0.5) is 10.9 Å². The van der Waals surface area contributed by atoms with Crippen LogP contribution >= 0.6 is 11.3 Å². The van der Waals surface area contributed by atoms with Crippen LogP contribution in [0.15, 0.2) is 42.9 Å². The van der Waals surface area contributed by atoms with Crippen LogP contribution in [0.1, 0.15) is 24.8 Å². The number of fused-ring (bicyclic) bond motifs is 1. The Balaban J connectivity index is 1.73. The Morgan fingerprint density at radius 1 is 1.00 bits per heavy atom. The molecule has 25 heavy (non-hydrogen) atoms. The fraction of sp³-hybridized carbons (Fsp3) is 0.176. The minimum atomic E-state index is 0.354. The van der Waals surface area contributed by atoms with Crippen molar-refractivity contribution >= 4 is 33.3 Å². The molecule has 0 saturated heterocycles. The molecule has 4 aromatic heterocycles. The minimum absolute atomic E-state index is 0.354. The van der Waals surface area contributed by atoms with Gasteiger partial charge in [-0.05, 0) is 24.3 Å². The molecular weight excluding hydrogens is 334 g/mol. The van der Waals surface area contributed by atoms with Crippen LogP contribution < -0.4 is 5.32 Å². The van der Waals surface area contributed by atoms with E-state index in [4.69, 9.17) is 4.98 Å². The summed E-state index contributed by atoms with van der Waals surface area (Å²) in [5.74, 6) is 1.06. The molecule has 0 fully saturated rings. The van der Waals surface area contributed by atoms with Gasteiger partial charge in [-0.1, -0.05) is 25.2 Å². The molecule has 4 aromatic rings. The maximum Gasteiger partial charge on any atom is 0.211 e. The van der Waals surface area contributed by atoms with Crippen LogP contribution in [0, 0.1) is 0 Å². The van der Waals surface area contributed by atoms with Crippen molar-refractivity contribution in [3.05, 3.63) is 47.9 Å². The van der Waals surface area contributed by atoms with Crippen LogP contribution in [-0.2, 0) is 0 Å². The predicted molar refractivity (Wildman–Crippen MR) is 97.8 cm³/mol. The fourth-order valence-corrected chi connectivity index (χ4v) is 3.16. The minimum Gasteiger partial charge on any atom is -0.315 e. The second-order valence-electron chi connectivity index (χ2n) is 5.78. The van der Waals surface area contributed by atoms with E-state index in [2.05, 4.69) is 44.5 Å². The third-order valence-corrected chi connectivity index (χ3v) is 4.79. The molecule has 0 unspecified atom stereocenters. The summed E-state index contributed by atoms with van der Waals surface area (Å²) in [5, 5.41) is 21.1. The summed E-state index contributed by atoms with van der Waals surface area (Å²) in [4.78, 5) is 9.11. The Labute approximate surface area is 148 Å². The largest absolute Gasteiger partial charge is 0.315 e. The quantitative estimate of drug-likeness (QED) is 0.599. The van der Waals surface area contributed by atoms with Crippen LogP contribution in [0.5, 0.6) is 0 Å². The van der Waals surface area contributed by atoms with Gasteiger partial charge in [-0.25, -0.2) is 4.98 Å². The van der Waals surface area contributed by atoms with Gasteiger partial charge in [0.15, 0.2) is 0 Å². The van der Waals surface area contributed by atoms with Crippen LogP contribution in [0.25, 0.3) is 22.2 Å². The number of nitrogens with zero attached hydrogens (tertiary/aromatic N) is 6. The van der Waals surface area contributed by atoms with Gasteiger partial charge in [0.1, 0.15) is 10.8 Å². The summed E-state index contributed by atoms with van der Waals surface area (Å²) < 4.78 is 0. The van der Waals surface area contributed by atoms with E-state index in [9.17, 15) is 0 Å². The van der Waals surface area contributed by atoms with Gasteiger partial charge in [-0.15, -0.1) is 10.2 Å². The van der Waals surface area contributed by atoms with E-state index in [1.807, 2.05) is 24.3 Å². The van der Waals surface area contributed by atoms with Gasteiger partial charge < -0.3 is 5.32 Å². The molecule has 0 aliphatic carbocycles. The lowest BCUT2D eigenvalue weighted by atomic mass is 10.1. The fourth-order valence-electron chi connectivity index (χ4n) is 2.41. The highest BCUT2D eigenvalue weighted by molar-refractivity contribution is 7.15. The van der Waals surface area contributed by atoms with Gasteiger partial charge >= 0.3 is 0 Å². The highest BCUT2D eigenvalue weighted by atomic mass is 32.1.